The average Bonchev–Trinajstić information content (AvgIpc) is 3.07. The molecule has 2 aromatic carbocycles. The molecule has 1 amide bonds. The summed E-state index contributed by atoms with van der Waals surface area (Å²) in [5, 5.41) is 2.52. The lowest BCUT2D eigenvalue weighted by Crippen LogP contribution is -2.13. The Balaban J connectivity index is 1.73. The molecular formula is C19H9ClF3NO4. The van der Waals surface area contributed by atoms with E-state index in [0.29, 0.717) is 11.5 Å². The van der Waals surface area contributed by atoms with Crippen LogP contribution in [-0.4, -0.2) is 5.91 Å². The van der Waals surface area contributed by atoms with Gasteiger partial charge in [-0.05, 0) is 30.3 Å². The fourth-order valence-corrected chi connectivity index (χ4v) is 2.85. The van der Waals surface area contributed by atoms with E-state index in [4.69, 9.17) is 20.4 Å². The predicted octanol–water partition coefficient (Wildman–Crippen LogP) is 5.46. The summed E-state index contributed by atoms with van der Waals surface area (Å²) >= 11 is 5.87. The molecule has 0 aliphatic rings. The van der Waals surface area contributed by atoms with Gasteiger partial charge >= 0.3 is 12.0 Å². The van der Waals surface area contributed by atoms with Crippen molar-refractivity contribution >= 4 is 45.3 Å². The summed E-state index contributed by atoms with van der Waals surface area (Å²) in [4.78, 5) is 24.9. The number of benzene rings is 2. The largest absolute Gasteiger partial charge is 0.425 e. The van der Waals surface area contributed by atoms with E-state index in [-0.39, 0.29) is 33.2 Å². The summed E-state index contributed by atoms with van der Waals surface area (Å²) in [5.41, 5.74) is -1.33. The van der Waals surface area contributed by atoms with Crippen molar-refractivity contribution in [2.24, 2.45) is 0 Å². The van der Waals surface area contributed by atoms with E-state index in [1.54, 1.807) is 24.3 Å². The Morgan fingerprint density at radius 3 is 2.50 bits per heavy atom. The van der Waals surface area contributed by atoms with E-state index >= 15 is 0 Å². The molecule has 0 aliphatic heterocycles. The number of hydrogen-bond donors (Lipinski definition) is 1. The minimum Gasteiger partial charge on any atom is -0.425 e. The van der Waals surface area contributed by atoms with Crippen LogP contribution >= 0.6 is 11.6 Å². The lowest BCUT2D eigenvalue weighted by molar-refractivity contribution is -0.137. The number of hydrogen-bond acceptors (Lipinski definition) is 4. The van der Waals surface area contributed by atoms with Crippen molar-refractivity contribution in [3.05, 3.63) is 75.1 Å². The van der Waals surface area contributed by atoms with Gasteiger partial charge in [-0.2, -0.15) is 13.2 Å². The van der Waals surface area contributed by atoms with Crippen LogP contribution in [-0.2, 0) is 6.18 Å². The van der Waals surface area contributed by atoms with Gasteiger partial charge in [-0.3, -0.25) is 9.59 Å². The normalized spacial score (nSPS) is 11.9. The molecule has 0 unspecified atom stereocenters. The van der Waals surface area contributed by atoms with E-state index in [0.717, 1.165) is 12.1 Å². The maximum absolute atomic E-state index is 12.9. The van der Waals surface area contributed by atoms with Gasteiger partial charge < -0.3 is 14.2 Å². The molecule has 5 nitrogen and oxygen atoms in total. The maximum Gasteiger partial charge on any atom is 0.416 e. The molecule has 9 heteroatoms. The van der Waals surface area contributed by atoms with Crippen LogP contribution < -0.4 is 10.7 Å². The van der Waals surface area contributed by atoms with E-state index in [1.165, 1.54) is 6.07 Å². The standard InChI is InChI=1S/C19H9ClF3NO4/c20-12-6-5-9(19(21,22)23)7-13(12)24-17(26)15-8-11-16(25)10-3-1-2-4-14(10)27-18(11)28-15/h1-8H,(H,24,26). The second kappa shape index (κ2) is 6.42. The van der Waals surface area contributed by atoms with Crippen LogP contribution in [0.15, 0.2) is 62.2 Å². The van der Waals surface area contributed by atoms with Crippen LogP contribution in [0.1, 0.15) is 16.1 Å². The molecule has 2 aromatic heterocycles. The van der Waals surface area contributed by atoms with E-state index in [9.17, 15) is 22.8 Å². The number of fused-ring (bicyclic) bond motifs is 2. The third kappa shape index (κ3) is 3.11. The van der Waals surface area contributed by atoms with Crippen molar-refractivity contribution in [3.63, 3.8) is 0 Å². The van der Waals surface area contributed by atoms with Crippen LogP contribution in [0.2, 0.25) is 5.02 Å². The summed E-state index contributed by atoms with van der Waals surface area (Å²) in [6.45, 7) is 0. The molecular weight excluding hydrogens is 399 g/mol. The van der Waals surface area contributed by atoms with Gasteiger partial charge in [0.15, 0.2) is 5.76 Å². The van der Waals surface area contributed by atoms with Gasteiger partial charge in [0.05, 0.1) is 21.7 Å². The Bertz CT molecular complexity index is 1290. The number of rotatable bonds is 2. The highest BCUT2D eigenvalue weighted by Gasteiger charge is 2.31. The number of furan rings is 1. The van der Waals surface area contributed by atoms with Gasteiger partial charge in [-0.1, -0.05) is 23.7 Å². The summed E-state index contributed by atoms with van der Waals surface area (Å²) in [5.74, 6) is -1.35. The maximum atomic E-state index is 12.9. The number of alkyl halides is 3. The third-order valence-electron chi connectivity index (χ3n) is 4.04. The number of amides is 1. The first-order valence-electron chi connectivity index (χ1n) is 7.87. The Hall–Kier alpha value is -3.26. The van der Waals surface area contributed by atoms with Crippen LogP contribution in [0.4, 0.5) is 18.9 Å². The molecule has 0 fully saturated rings. The van der Waals surface area contributed by atoms with Crippen molar-refractivity contribution in [2.75, 3.05) is 5.32 Å². The zero-order valence-corrected chi connectivity index (χ0v) is 14.5. The number of para-hydroxylation sites is 1. The molecule has 0 saturated heterocycles. The zero-order valence-electron chi connectivity index (χ0n) is 13.8. The molecule has 0 bridgehead atoms. The van der Waals surface area contributed by atoms with Crippen molar-refractivity contribution in [1.82, 2.24) is 0 Å². The minimum atomic E-state index is -4.60. The van der Waals surface area contributed by atoms with Crippen LogP contribution in [0.25, 0.3) is 22.1 Å². The van der Waals surface area contributed by atoms with Gasteiger partial charge in [-0.15, -0.1) is 0 Å². The molecule has 0 spiro atoms. The molecule has 2 heterocycles. The van der Waals surface area contributed by atoms with E-state index in [2.05, 4.69) is 5.32 Å². The molecule has 28 heavy (non-hydrogen) atoms. The highest BCUT2D eigenvalue weighted by molar-refractivity contribution is 6.34. The number of carbonyl (C=O) groups is 1. The van der Waals surface area contributed by atoms with Gasteiger partial charge in [0, 0.05) is 6.07 Å². The number of carbonyl (C=O) groups excluding carboxylic acids is 1. The molecule has 0 atom stereocenters. The Kier molecular flexibility index (Phi) is 4.15. The molecule has 1 N–H and O–H groups in total. The van der Waals surface area contributed by atoms with Crippen LogP contribution in [0.5, 0.6) is 0 Å². The predicted molar refractivity (Wildman–Crippen MR) is 96.7 cm³/mol. The Morgan fingerprint density at radius 1 is 1.00 bits per heavy atom. The van der Waals surface area contributed by atoms with Crippen LogP contribution in [0.3, 0.4) is 0 Å². The molecule has 0 saturated carbocycles. The third-order valence-corrected chi connectivity index (χ3v) is 4.37. The Morgan fingerprint density at radius 2 is 1.75 bits per heavy atom. The first-order chi connectivity index (χ1) is 13.2. The summed E-state index contributed by atoms with van der Waals surface area (Å²) in [6.07, 6.45) is -4.60. The van der Waals surface area contributed by atoms with Crippen molar-refractivity contribution in [1.29, 1.82) is 0 Å². The van der Waals surface area contributed by atoms with Crippen molar-refractivity contribution in [3.8, 4) is 0 Å². The lowest BCUT2D eigenvalue weighted by Gasteiger charge is -2.10. The highest BCUT2D eigenvalue weighted by Crippen LogP contribution is 2.34. The average molecular weight is 408 g/mol. The molecule has 0 radical (unpaired) electrons. The van der Waals surface area contributed by atoms with Crippen molar-refractivity contribution < 1.29 is 26.8 Å². The molecule has 142 valence electrons. The van der Waals surface area contributed by atoms with Gasteiger partial charge in [-0.25, -0.2) is 0 Å². The second-order valence-electron chi connectivity index (χ2n) is 5.89. The first-order valence-corrected chi connectivity index (χ1v) is 8.25. The fourth-order valence-electron chi connectivity index (χ4n) is 2.69. The zero-order chi connectivity index (χ0) is 20.1. The van der Waals surface area contributed by atoms with Gasteiger partial charge in [0.1, 0.15) is 11.0 Å². The van der Waals surface area contributed by atoms with Gasteiger partial charge in [0.2, 0.25) is 5.43 Å². The van der Waals surface area contributed by atoms with Crippen LogP contribution in [0, 0.1) is 0 Å². The van der Waals surface area contributed by atoms with E-state index < -0.39 is 23.1 Å². The van der Waals surface area contributed by atoms with Gasteiger partial charge in [0.25, 0.3) is 5.91 Å². The lowest BCUT2D eigenvalue weighted by atomic mass is 10.2. The number of anilines is 1. The topological polar surface area (TPSA) is 72.5 Å². The number of nitrogens with one attached hydrogen (secondary N) is 1. The second-order valence-corrected chi connectivity index (χ2v) is 6.29. The quantitative estimate of drug-likeness (QED) is 0.478. The highest BCUT2D eigenvalue weighted by atomic mass is 35.5. The van der Waals surface area contributed by atoms with Crippen molar-refractivity contribution in [2.45, 2.75) is 6.18 Å². The summed E-state index contributed by atoms with van der Waals surface area (Å²) in [6, 6.07) is 10.2. The molecule has 4 aromatic rings. The smallest absolute Gasteiger partial charge is 0.416 e. The molecule has 4 rings (SSSR count). The minimum absolute atomic E-state index is 0.0407. The first kappa shape index (κ1) is 18.1. The summed E-state index contributed by atoms with van der Waals surface area (Å²) < 4.78 is 49.3. The monoisotopic (exact) mass is 407 g/mol. The number of halogens is 4. The van der Waals surface area contributed by atoms with E-state index in [1.807, 2.05) is 0 Å². The SMILES string of the molecule is O=C(Nc1cc(C(F)(F)F)ccc1Cl)c1cc2c(=O)c3ccccc3oc2o1. The summed E-state index contributed by atoms with van der Waals surface area (Å²) in [7, 11) is 0. The fraction of sp³-hybridized carbons (Fsp3) is 0.0526. The Labute approximate surface area is 159 Å². The molecule has 0 aliphatic carbocycles.